The molecule has 0 aliphatic carbocycles. The first-order chi connectivity index (χ1) is 15.2. The van der Waals surface area contributed by atoms with Gasteiger partial charge >= 0.3 is 0 Å². The Labute approximate surface area is 181 Å². The first kappa shape index (κ1) is 20.8. The minimum absolute atomic E-state index is 0.115. The van der Waals surface area contributed by atoms with E-state index in [1.54, 1.807) is 12.4 Å². The molecule has 1 aliphatic heterocycles. The molecule has 0 radical (unpaired) electrons. The second-order valence-corrected chi connectivity index (χ2v) is 7.57. The third-order valence-corrected chi connectivity index (χ3v) is 5.42. The molecule has 0 saturated heterocycles. The Morgan fingerprint density at radius 1 is 1.00 bits per heavy atom. The van der Waals surface area contributed by atoms with Crippen molar-refractivity contribution in [3.63, 3.8) is 0 Å². The standard InChI is InChI=1S/C25H25N3O3/c29-24(27-14-19-7-6-12-26-13-19)17-31-18-25(30)28-15-21-10-4-5-11-22(21)23(16-28)20-8-2-1-3-9-20/h1-13,23H,14-18H2,(H,27,29). The molecule has 0 saturated carbocycles. The lowest BCUT2D eigenvalue weighted by atomic mass is 9.84. The molecular formula is C25H25N3O3. The molecule has 0 spiro atoms. The van der Waals surface area contributed by atoms with Crippen LogP contribution in [0.3, 0.4) is 0 Å². The van der Waals surface area contributed by atoms with Gasteiger partial charge in [-0.1, -0.05) is 60.7 Å². The van der Waals surface area contributed by atoms with Gasteiger partial charge in [0, 0.05) is 37.9 Å². The van der Waals surface area contributed by atoms with E-state index in [1.165, 1.54) is 11.1 Å². The molecule has 1 aliphatic rings. The van der Waals surface area contributed by atoms with Crippen molar-refractivity contribution >= 4 is 11.8 Å². The Morgan fingerprint density at radius 2 is 1.81 bits per heavy atom. The topological polar surface area (TPSA) is 71.5 Å². The van der Waals surface area contributed by atoms with Crippen LogP contribution in [0.1, 0.15) is 28.2 Å². The molecule has 1 N–H and O–H groups in total. The van der Waals surface area contributed by atoms with Gasteiger partial charge < -0.3 is 15.0 Å². The summed E-state index contributed by atoms with van der Waals surface area (Å²) >= 11 is 0. The normalized spacial score (nSPS) is 15.2. The number of nitrogens with one attached hydrogen (secondary N) is 1. The summed E-state index contributed by atoms with van der Waals surface area (Å²) in [7, 11) is 0. The summed E-state index contributed by atoms with van der Waals surface area (Å²) in [5.41, 5.74) is 4.49. The number of amides is 2. The van der Waals surface area contributed by atoms with Crippen LogP contribution in [0.25, 0.3) is 0 Å². The molecule has 0 fully saturated rings. The summed E-state index contributed by atoms with van der Waals surface area (Å²) < 4.78 is 5.41. The van der Waals surface area contributed by atoms with Gasteiger partial charge in [0.25, 0.3) is 0 Å². The van der Waals surface area contributed by atoms with Crippen molar-refractivity contribution in [1.82, 2.24) is 15.2 Å². The first-order valence-corrected chi connectivity index (χ1v) is 10.3. The number of pyridine rings is 1. The number of carbonyl (C=O) groups excluding carboxylic acids is 2. The van der Waals surface area contributed by atoms with Gasteiger partial charge in [-0.15, -0.1) is 0 Å². The molecule has 158 valence electrons. The van der Waals surface area contributed by atoms with E-state index in [9.17, 15) is 9.59 Å². The predicted octanol–water partition coefficient (Wildman–Crippen LogP) is 2.89. The van der Waals surface area contributed by atoms with Crippen molar-refractivity contribution in [3.05, 3.63) is 101 Å². The quantitative estimate of drug-likeness (QED) is 0.644. The molecule has 1 aromatic heterocycles. The van der Waals surface area contributed by atoms with Crippen LogP contribution in [0.15, 0.2) is 79.1 Å². The Morgan fingerprint density at radius 3 is 2.61 bits per heavy atom. The summed E-state index contributed by atoms with van der Waals surface area (Å²) in [5.74, 6) is -0.254. The number of carbonyl (C=O) groups is 2. The summed E-state index contributed by atoms with van der Waals surface area (Å²) in [4.78, 5) is 30.6. The highest BCUT2D eigenvalue weighted by atomic mass is 16.5. The van der Waals surface area contributed by atoms with Crippen LogP contribution < -0.4 is 5.32 Å². The summed E-state index contributed by atoms with van der Waals surface area (Å²) in [6.45, 7) is 1.25. The van der Waals surface area contributed by atoms with Gasteiger partial charge in [0.2, 0.25) is 11.8 Å². The van der Waals surface area contributed by atoms with Crippen molar-refractivity contribution in [1.29, 1.82) is 0 Å². The third kappa shape index (κ3) is 5.35. The van der Waals surface area contributed by atoms with E-state index < -0.39 is 0 Å². The highest BCUT2D eigenvalue weighted by Crippen LogP contribution is 2.33. The highest BCUT2D eigenvalue weighted by Gasteiger charge is 2.28. The zero-order valence-corrected chi connectivity index (χ0v) is 17.2. The fraction of sp³-hybridized carbons (Fsp3) is 0.240. The lowest BCUT2D eigenvalue weighted by Crippen LogP contribution is -2.41. The highest BCUT2D eigenvalue weighted by molar-refractivity contribution is 5.80. The van der Waals surface area contributed by atoms with Gasteiger partial charge in [-0.25, -0.2) is 0 Å². The van der Waals surface area contributed by atoms with E-state index in [0.717, 1.165) is 11.1 Å². The number of aromatic nitrogens is 1. The van der Waals surface area contributed by atoms with E-state index in [2.05, 4.69) is 34.6 Å². The number of rotatable bonds is 7. The third-order valence-electron chi connectivity index (χ3n) is 5.42. The average molecular weight is 415 g/mol. The largest absolute Gasteiger partial charge is 0.362 e. The molecule has 2 aromatic carbocycles. The van der Waals surface area contributed by atoms with E-state index in [-0.39, 0.29) is 30.9 Å². The number of hydrogen-bond acceptors (Lipinski definition) is 4. The molecule has 6 nitrogen and oxygen atoms in total. The van der Waals surface area contributed by atoms with E-state index in [1.807, 2.05) is 47.4 Å². The Balaban J connectivity index is 1.32. The second-order valence-electron chi connectivity index (χ2n) is 7.57. The van der Waals surface area contributed by atoms with Crippen molar-refractivity contribution < 1.29 is 14.3 Å². The summed E-state index contributed by atoms with van der Waals surface area (Å²) in [6.07, 6.45) is 3.38. The van der Waals surface area contributed by atoms with Crippen LogP contribution in [0.2, 0.25) is 0 Å². The molecule has 0 bridgehead atoms. The summed E-state index contributed by atoms with van der Waals surface area (Å²) in [5, 5.41) is 2.76. The maximum atomic E-state index is 12.8. The van der Waals surface area contributed by atoms with Gasteiger partial charge in [0.15, 0.2) is 0 Å². The van der Waals surface area contributed by atoms with Crippen LogP contribution in [0.5, 0.6) is 0 Å². The SMILES string of the molecule is O=C(COCC(=O)N1Cc2ccccc2C(c2ccccc2)C1)NCc1cccnc1. The minimum Gasteiger partial charge on any atom is -0.362 e. The fourth-order valence-corrected chi connectivity index (χ4v) is 3.84. The molecule has 1 atom stereocenters. The lowest BCUT2D eigenvalue weighted by molar-refractivity contribution is -0.139. The van der Waals surface area contributed by atoms with Gasteiger partial charge in [-0.05, 0) is 28.3 Å². The summed E-state index contributed by atoms with van der Waals surface area (Å²) in [6, 6.07) is 22.2. The Hall–Kier alpha value is -3.51. The van der Waals surface area contributed by atoms with Crippen LogP contribution in [0, 0.1) is 0 Å². The number of benzene rings is 2. The predicted molar refractivity (Wildman–Crippen MR) is 117 cm³/mol. The monoisotopic (exact) mass is 415 g/mol. The van der Waals surface area contributed by atoms with E-state index >= 15 is 0 Å². The van der Waals surface area contributed by atoms with Crippen molar-refractivity contribution in [2.24, 2.45) is 0 Å². The molecule has 2 amide bonds. The first-order valence-electron chi connectivity index (χ1n) is 10.3. The Bertz CT molecular complexity index is 1020. The molecule has 2 heterocycles. The minimum atomic E-state index is -0.261. The molecular weight excluding hydrogens is 390 g/mol. The van der Waals surface area contributed by atoms with Crippen molar-refractivity contribution in [3.8, 4) is 0 Å². The van der Waals surface area contributed by atoms with Crippen LogP contribution >= 0.6 is 0 Å². The zero-order valence-electron chi connectivity index (χ0n) is 17.2. The molecule has 3 aromatic rings. The molecule has 6 heteroatoms. The van der Waals surface area contributed by atoms with E-state index in [0.29, 0.717) is 19.6 Å². The van der Waals surface area contributed by atoms with Crippen LogP contribution in [0.4, 0.5) is 0 Å². The van der Waals surface area contributed by atoms with Gasteiger partial charge in [0.1, 0.15) is 13.2 Å². The molecule has 1 unspecified atom stereocenters. The molecule has 31 heavy (non-hydrogen) atoms. The number of hydrogen-bond donors (Lipinski definition) is 1. The van der Waals surface area contributed by atoms with Gasteiger partial charge in [0.05, 0.1) is 0 Å². The van der Waals surface area contributed by atoms with E-state index in [4.69, 9.17) is 4.74 Å². The lowest BCUT2D eigenvalue weighted by Gasteiger charge is -2.35. The van der Waals surface area contributed by atoms with Crippen molar-refractivity contribution in [2.45, 2.75) is 19.0 Å². The van der Waals surface area contributed by atoms with Crippen LogP contribution in [-0.2, 0) is 27.4 Å². The average Bonchev–Trinajstić information content (AvgIpc) is 2.83. The zero-order chi connectivity index (χ0) is 21.5. The fourth-order valence-electron chi connectivity index (χ4n) is 3.84. The smallest absolute Gasteiger partial charge is 0.248 e. The van der Waals surface area contributed by atoms with Crippen LogP contribution in [-0.4, -0.2) is 41.5 Å². The number of fused-ring (bicyclic) bond motifs is 1. The number of nitrogens with zero attached hydrogens (tertiary/aromatic N) is 2. The Kier molecular flexibility index (Phi) is 6.69. The second kappa shape index (κ2) is 10.00. The van der Waals surface area contributed by atoms with Gasteiger partial charge in [-0.3, -0.25) is 14.6 Å². The maximum Gasteiger partial charge on any atom is 0.248 e. The maximum absolute atomic E-state index is 12.8. The van der Waals surface area contributed by atoms with Crippen molar-refractivity contribution in [2.75, 3.05) is 19.8 Å². The molecule has 4 rings (SSSR count). The number of ether oxygens (including phenoxy) is 1. The van der Waals surface area contributed by atoms with Gasteiger partial charge in [-0.2, -0.15) is 0 Å².